The number of anilines is 1. The Kier molecular flexibility index (Phi) is 5.53. The normalized spacial score (nSPS) is 8.64. The van der Waals surface area contributed by atoms with Crippen LogP contribution < -0.4 is 5.32 Å². The summed E-state index contributed by atoms with van der Waals surface area (Å²) in [5, 5.41) is 2.62. The molecule has 0 radical (unpaired) electrons. The summed E-state index contributed by atoms with van der Waals surface area (Å²) >= 11 is 0. The van der Waals surface area contributed by atoms with Crippen LogP contribution in [0.5, 0.6) is 0 Å². The molecule has 1 heterocycles. The van der Waals surface area contributed by atoms with Crippen LogP contribution in [0.2, 0.25) is 0 Å². The third-order valence-corrected chi connectivity index (χ3v) is 1.65. The van der Waals surface area contributed by atoms with Crippen LogP contribution in [0.1, 0.15) is 32.0 Å². The zero-order valence-corrected chi connectivity index (χ0v) is 9.51. The van der Waals surface area contributed by atoms with Crippen LogP contribution in [0.15, 0.2) is 12.1 Å². The standard InChI is InChI=1S/C9H12N2O.C2H6/c1-6-4-5-9(10-7(6)2)11-8(3)12;1-2/h4-5H,1-3H3,(H,10,11,12);1-2H3. The molecule has 3 heteroatoms. The molecule has 0 fully saturated rings. The number of nitrogens with zero attached hydrogens (tertiary/aromatic N) is 1. The van der Waals surface area contributed by atoms with Crippen molar-refractivity contribution in [1.82, 2.24) is 4.98 Å². The van der Waals surface area contributed by atoms with Crippen LogP contribution in [-0.2, 0) is 4.79 Å². The van der Waals surface area contributed by atoms with E-state index in [9.17, 15) is 4.79 Å². The highest BCUT2D eigenvalue weighted by Gasteiger charge is 1.98. The second kappa shape index (κ2) is 6.13. The first-order chi connectivity index (χ1) is 6.59. The lowest BCUT2D eigenvalue weighted by Gasteiger charge is -2.03. The smallest absolute Gasteiger partial charge is 0.222 e. The molecule has 14 heavy (non-hydrogen) atoms. The van der Waals surface area contributed by atoms with Gasteiger partial charge < -0.3 is 5.32 Å². The van der Waals surface area contributed by atoms with E-state index in [1.807, 2.05) is 33.8 Å². The molecule has 0 aliphatic rings. The first-order valence-corrected chi connectivity index (χ1v) is 4.81. The highest BCUT2D eigenvalue weighted by Crippen LogP contribution is 2.08. The molecular weight excluding hydrogens is 176 g/mol. The molecule has 0 bridgehead atoms. The zero-order chi connectivity index (χ0) is 11.1. The Bertz CT molecular complexity index is 308. The van der Waals surface area contributed by atoms with Crippen molar-refractivity contribution < 1.29 is 4.79 Å². The third-order valence-electron chi connectivity index (χ3n) is 1.65. The molecule has 1 rings (SSSR count). The molecule has 0 aliphatic heterocycles. The van der Waals surface area contributed by atoms with Gasteiger partial charge in [-0.25, -0.2) is 4.98 Å². The number of carbonyl (C=O) groups is 1. The molecule has 1 N–H and O–H groups in total. The number of rotatable bonds is 1. The molecule has 0 saturated heterocycles. The quantitative estimate of drug-likeness (QED) is 0.746. The molecule has 0 aliphatic carbocycles. The number of hydrogen-bond acceptors (Lipinski definition) is 2. The molecule has 1 amide bonds. The summed E-state index contributed by atoms with van der Waals surface area (Å²) in [7, 11) is 0. The molecule has 0 aromatic carbocycles. The lowest BCUT2D eigenvalue weighted by molar-refractivity contribution is -0.114. The molecule has 78 valence electrons. The summed E-state index contributed by atoms with van der Waals surface area (Å²) in [6.45, 7) is 9.37. The Balaban J connectivity index is 0.000000791. The van der Waals surface area contributed by atoms with Crippen molar-refractivity contribution in [2.24, 2.45) is 0 Å². The second-order valence-corrected chi connectivity index (χ2v) is 2.78. The lowest BCUT2D eigenvalue weighted by atomic mass is 10.2. The van der Waals surface area contributed by atoms with Gasteiger partial charge in [0.2, 0.25) is 5.91 Å². The van der Waals surface area contributed by atoms with Crippen LogP contribution in [0.4, 0.5) is 5.82 Å². The van der Waals surface area contributed by atoms with Crippen LogP contribution in [-0.4, -0.2) is 10.9 Å². The second-order valence-electron chi connectivity index (χ2n) is 2.78. The van der Waals surface area contributed by atoms with Gasteiger partial charge in [0, 0.05) is 12.6 Å². The molecule has 0 unspecified atom stereocenters. The van der Waals surface area contributed by atoms with Crippen molar-refractivity contribution in [2.75, 3.05) is 5.32 Å². The van der Waals surface area contributed by atoms with E-state index in [2.05, 4.69) is 10.3 Å². The number of carbonyl (C=O) groups excluding carboxylic acids is 1. The average molecular weight is 194 g/mol. The Hall–Kier alpha value is -1.38. The van der Waals surface area contributed by atoms with E-state index in [0.717, 1.165) is 11.3 Å². The van der Waals surface area contributed by atoms with E-state index in [0.29, 0.717) is 5.82 Å². The summed E-state index contributed by atoms with van der Waals surface area (Å²) in [5.41, 5.74) is 2.07. The predicted octanol–water partition coefficient (Wildman–Crippen LogP) is 2.68. The average Bonchev–Trinajstić information content (AvgIpc) is 2.14. The van der Waals surface area contributed by atoms with E-state index < -0.39 is 0 Å². The number of amides is 1. The van der Waals surface area contributed by atoms with Gasteiger partial charge in [-0.05, 0) is 25.5 Å². The van der Waals surface area contributed by atoms with Crippen molar-refractivity contribution in [3.05, 3.63) is 23.4 Å². The fourth-order valence-corrected chi connectivity index (χ4v) is 0.881. The van der Waals surface area contributed by atoms with E-state index in [-0.39, 0.29) is 5.91 Å². The monoisotopic (exact) mass is 194 g/mol. The highest BCUT2D eigenvalue weighted by molar-refractivity contribution is 5.87. The van der Waals surface area contributed by atoms with Gasteiger partial charge in [-0.1, -0.05) is 19.9 Å². The fourth-order valence-electron chi connectivity index (χ4n) is 0.881. The van der Waals surface area contributed by atoms with Gasteiger partial charge in [0.25, 0.3) is 0 Å². The number of aromatic nitrogens is 1. The minimum atomic E-state index is -0.0919. The largest absolute Gasteiger partial charge is 0.311 e. The van der Waals surface area contributed by atoms with Crippen LogP contribution in [0, 0.1) is 13.8 Å². The number of nitrogens with one attached hydrogen (secondary N) is 1. The lowest BCUT2D eigenvalue weighted by Crippen LogP contribution is -2.07. The first kappa shape index (κ1) is 12.6. The molecule has 3 nitrogen and oxygen atoms in total. The SMILES string of the molecule is CC.CC(=O)Nc1ccc(C)c(C)n1. The first-order valence-electron chi connectivity index (χ1n) is 4.81. The number of aryl methyl sites for hydroxylation is 2. The van der Waals surface area contributed by atoms with E-state index in [4.69, 9.17) is 0 Å². The van der Waals surface area contributed by atoms with Gasteiger partial charge >= 0.3 is 0 Å². The van der Waals surface area contributed by atoms with Gasteiger partial charge in [-0.15, -0.1) is 0 Å². The Morgan fingerprint density at radius 2 is 1.86 bits per heavy atom. The van der Waals surface area contributed by atoms with Crippen LogP contribution >= 0.6 is 0 Å². The summed E-state index contributed by atoms with van der Waals surface area (Å²) in [6, 6.07) is 3.73. The topological polar surface area (TPSA) is 42.0 Å². The third kappa shape index (κ3) is 4.03. The molecule has 1 aromatic heterocycles. The van der Waals surface area contributed by atoms with Crippen molar-refractivity contribution in [3.8, 4) is 0 Å². The van der Waals surface area contributed by atoms with Gasteiger partial charge in [0.15, 0.2) is 0 Å². The van der Waals surface area contributed by atoms with Gasteiger partial charge in [0.1, 0.15) is 5.82 Å². The molecule has 0 spiro atoms. The molecule has 0 atom stereocenters. The maximum absolute atomic E-state index is 10.7. The van der Waals surface area contributed by atoms with E-state index >= 15 is 0 Å². The Morgan fingerprint density at radius 3 is 2.29 bits per heavy atom. The minimum Gasteiger partial charge on any atom is -0.311 e. The van der Waals surface area contributed by atoms with Crippen molar-refractivity contribution in [1.29, 1.82) is 0 Å². The molecule has 1 aromatic rings. The van der Waals surface area contributed by atoms with Crippen molar-refractivity contribution in [3.63, 3.8) is 0 Å². The van der Waals surface area contributed by atoms with E-state index in [1.54, 1.807) is 6.07 Å². The summed E-state index contributed by atoms with van der Waals surface area (Å²) in [6.07, 6.45) is 0. The molecule has 0 saturated carbocycles. The van der Waals surface area contributed by atoms with Crippen LogP contribution in [0.3, 0.4) is 0 Å². The van der Waals surface area contributed by atoms with Crippen molar-refractivity contribution in [2.45, 2.75) is 34.6 Å². The number of pyridine rings is 1. The predicted molar refractivity (Wildman–Crippen MR) is 59.4 cm³/mol. The zero-order valence-electron chi connectivity index (χ0n) is 9.51. The Labute approximate surface area is 85.6 Å². The van der Waals surface area contributed by atoms with Crippen molar-refractivity contribution >= 4 is 11.7 Å². The minimum absolute atomic E-state index is 0.0919. The summed E-state index contributed by atoms with van der Waals surface area (Å²) in [4.78, 5) is 14.8. The van der Waals surface area contributed by atoms with Gasteiger partial charge in [0.05, 0.1) is 0 Å². The van der Waals surface area contributed by atoms with Crippen LogP contribution in [0.25, 0.3) is 0 Å². The van der Waals surface area contributed by atoms with E-state index in [1.165, 1.54) is 6.92 Å². The maximum atomic E-state index is 10.7. The summed E-state index contributed by atoms with van der Waals surface area (Å²) < 4.78 is 0. The maximum Gasteiger partial charge on any atom is 0.222 e. The number of hydrogen-bond donors (Lipinski definition) is 1. The van der Waals surface area contributed by atoms with Gasteiger partial charge in [-0.3, -0.25) is 4.79 Å². The highest BCUT2D eigenvalue weighted by atomic mass is 16.1. The summed E-state index contributed by atoms with van der Waals surface area (Å²) in [5.74, 6) is 0.524. The molecular formula is C11H18N2O. The fraction of sp³-hybridized carbons (Fsp3) is 0.455. The Morgan fingerprint density at radius 1 is 1.29 bits per heavy atom. The van der Waals surface area contributed by atoms with Gasteiger partial charge in [-0.2, -0.15) is 0 Å².